The van der Waals surface area contributed by atoms with Gasteiger partial charge in [0.25, 0.3) is 0 Å². The van der Waals surface area contributed by atoms with Gasteiger partial charge in [0, 0.05) is 12.1 Å². The Hall–Kier alpha value is -0.770. The summed E-state index contributed by atoms with van der Waals surface area (Å²) in [4.78, 5) is 0. The fourth-order valence-electron chi connectivity index (χ4n) is 2.64. The molecule has 2 N–H and O–H groups in total. The molecule has 1 saturated heterocycles. The molecular formula is C14H21ClN2O. The van der Waals surface area contributed by atoms with E-state index in [1.165, 1.54) is 24.8 Å². The number of piperidine rings is 1. The third-order valence-electron chi connectivity index (χ3n) is 3.60. The highest BCUT2D eigenvalue weighted by atomic mass is 35.5. The SMILES string of the molecule is CNC(c1ccc(OC)c(Cl)c1)C1CCCCN1. The Morgan fingerprint density at radius 1 is 1.44 bits per heavy atom. The van der Waals surface area contributed by atoms with Gasteiger partial charge in [-0.3, -0.25) is 0 Å². The van der Waals surface area contributed by atoms with Crippen LogP contribution in [-0.2, 0) is 0 Å². The summed E-state index contributed by atoms with van der Waals surface area (Å²) in [5.41, 5.74) is 1.21. The number of benzene rings is 1. The third kappa shape index (κ3) is 2.97. The lowest BCUT2D eigenvalue weighted by Gasteiger charge is -2.31. The number of ether oxygens (including phenoxy) is 1. The number of likely N-dealkylation sites (N-methyl/N-ethyl adjacent to an activating group) is 1. The topological polar surface area (TPSA) is 33.3 Å². The summed E-state index contributed by atoms with van der Waals surface area (Å²) >= 11 is 6.20. The van der Waals surface area contributed by atoms with E-state index in [4.69, 9.17) is 16.3 Å². The quantitative estimate of drug-likeness (QED) is 0.881. The first-order valence-corrected chi connectivity index (χ1v) is 6.88. The largest absolute Gasteiger partial charge is 0.495 e. The summed E-state index contributed by atoms with van der Waals surface area (Å²) in [6, 6.07) is 6.80. The summed E-state index contributed by atoms with van der Waals surface area (Å²) in [7, 11) is 3.64. The van der Waals surface area contributed by atoms with Gasteiger partial charge in [-0.1, -0.05) is 24.1 Å². The van der Waals surface area contributed by atoms with Crippen molar-refractivity contribution in [2.75, 3.05) is 20.7 Å². The molecule has 1 fully saturated rings. The lowest BCUT2D eigenvalue weighted by atomic mass is 9.92. The van der Waals surface area contributed by atoms with Gasteiger partial charge in [-0.2, -0.15) is 0 Å². The minimum Gasteiger partial charge on any atom is -0.495 e. The first-order valence-electron chi connectivity index (χ1n) is 6.50. The molecule has 0 spiro atoms. The minimum absolute atomic E-state index is 0.300. The van der Waals surface area contributed by atoms with Crippen molar-refractivity contribution in [1.29, 1.82) is 0 Å². The average molecular weight is 269 g/mol. The molecule has 1 aromatic rings. The van der Waals surface area contributed by atoms with Crippen LogP contribution in [0.15, 0.2) is 18.2 Å². The molecule has 1 aromatic carbocycles. The zero-order valence-corrected chi connectivity index (χ0v) is 11.8. The number of hydrogen-bond acceptors (Lipinski definition) is 3. The van der Waals surface area contributed by atoms with E-state index in [1.54, 1.807) is 7.11 Å². The predicted octanol–water partition coefficient (Wildman–Crippen LogP) is 2.75. The Balaban J connectivity index is 2.18. The van der Waals surface area contributed by atoms with Crippen molar-refractivity contribution in [2.45, 2.75) is 31.3 Å². The van der Waals surface area contributed by atoms with Crippen LogP contribution in [0.4, 0.5) is 0 Å². The molecule has 0 saturated carbocycles. The molecule has 0 radical (unpaired) electrons. The Kier molecular flexibility index (Phi) is 4.87. The second-order valence-corrected chi connectivity index (χ2v) is 5.12. The molecule has 0 aromatic heterocycles. The highest BCUT2D eigenvalue weighted by molar-refractivity contribution is 6.32. The van der Waals surface area contributed by atoms with E-state index in [0.29, 0.717) is 17.1 Å². The third-order valence-corrected chi connectivity index (χ3v) is 3.89. The van der Waals surface area contributed by atoms with Gasteiger partial charge in [-0.25, -0.2) is 0 Å². The Morgan fingerprint density at radius 2 is 2.28 bits per heavy atom. The molecule has 1 heterocycles. The summed E-state index contributed by atoms with van der Waals surface area (Å²) in [5.74, 6) is 0.729. The number of rotatable bonds is 4. The maximum absolute atomic E-state index is 6.20. The van der Waals surface area contributed by atoms with E-state index >= 15 is 0 Å². The van der Waals surface area contributed by atoms with E-state index in [-0.39, 0.29) is 0 Å². The van der Waals surface area contributed by atoms with Crippen LogP contribution < -0.4 is 15.4 Å². The summed E-state index contributed by atoms with van der Waals surface area (Å²) in [6.45, 7) is 1.10. The number of halogens is 1. The van der Waals surface area contributed by atoms with Crippen molar-refractivity contribution in [1.82, 2.24) is 10.6 Å². The van der Waals surface area contributed by atoms with Crippen molar-refractivity contribution in [3.8, 4) is 5.75 Å². The Labute approximate surface area is 114 Å². The molecule has 3 nitrogen and oxygen atoms in total. The standard InChI is InChI=1S/C14H21ClN2O/c1-16-14(12-5-3-4-8-17-12)10-6-7-13(18-2)11(15)9-10/h6-7,9,12,14,16-17H,3-5,8H2,1-2H3. The fraction of sp³-hybridized carbons (Fsp3) is 0.571. The van der Waals surface area contributed by atoms with Crippen LogP contribution in [0.3, 0.4) is 0 Å². The van der Waals surface area contributed by atoms with Crippen molar-refractivity contribution in [2.24, 2.45) is 0 Å². The predicted molar refractivity (Wildman–Crippen MR) is 75.4 cm³/mol. The monoisotopic (exact) mass is 268 g/mol. The van der Waals surface area contributed by atoms with E-state index in [1.807, 2.05) is 19.2 Å². The van der Waals surface area contributed by atoms with E-state index in [2.05, 4.69) is 16.7 Å². The number of hydrogen-bond donors (Lipinski definition) is 2. The van der Waals surface area contributed by atoms with Crippen LogP contribution in [0.5, 0.6) is 5.75 Å². The second-order valence-electron chi connectivity index (χ2n) is 4.72. The Bertz CT molecular complexity index is 391. The van der Waals surface area contributed by atoms with Crippen molar-refractivity contribution in [3.63, 3.8) is 0 Å². The summed E-state index contributed by atoms with van der Waals surface area (Å²) < 4.78 is 5.19. The first kappa shape index (κ1) is 13.7. The molecule has 0 amide bonds. The molecule has 2 rings (SSSR count). The maximum Gasteiger partial charge on any atom is 0.137 e. The van der Waals surface area contributed by atoms with E-state index in [0.717, 1.165) is 12.3 Å². The van der Waals surface area contributed by atoms with Gasteiger partial charge < -0.3 is 15.4 Å². The molecule has 1 aliphatic rings. The van der Waals surface area contributed by atoms with Gasteiger partial charge >= 0.3 is 0 Å². The van der Waals surface area contributed by atoms with E-state index in [9.17, 15) is 0 Å². The number of methoxy groups -OCH3 is 1. The molecular weight excluding hydrogens is 248 g/mol. The van der Waals surface area contributed by atoms with Crippen LogP contribution in [0, 0.1) is 0 Å². The van der Waals surface area contributed by atoms with Crippen LogP contribution >= 0.6 is 11.6 Å². The van der Waals surface area contributed by atoms with E-state index < -0.39 is 0 Å². The highest BCUT2D eigenvalue weighted by Gasteiger charge is 2.23. The molecule has 100 valence electrons. The van der Waals surface area contributed by atoms with Gasteiger partial charge in [-0.15, -0.1) is 0 Å². The minimum atomic E-state index is 0.300. The first-order chi connectivity index (χ1) is 8.76. The highest BCUT2D eigenvalue weighted by Crippen LogP contribution is 2.30. The molecule has 1 aliphatic heterocycles. The molecule has 18 heavy (non-hydrogen) atoms. The zero-order valence-electron chi connectivity index (χ0n) is 11.0. The molecule has 0 bridgehead atoms. The van der Waals surface area contributed by atoms with Gasteiger partial charge in [0.15, 0.2) is 0 Å². The van der Waals surface area contributed by atoms with Crippen molar-refractivity contribution < 1.29 is 4.74 Å². The van der Waals surface area contributed by atoms with Crippen LogP contribution in [0.1, 0.15) is 30.9 Å². The average Bonchev–Trinajstić information content (AvgIpc) is 2.41. The molecule has 2 unspecified atom stereocenters. The van der Waals surface area contributed by atoms with Crippen LogP contribution in [0.2, 0.25) is 5.02 Å². The second kappa shape index (κ2) is 6.41. The summed E-state index contributed by atoms with van der Waals surface area (Å²) in [6.07, 6.45) is 3.77. The van der Waals surface area contributed by atoms with Gasteiger partial charge in [0.1, 0.15) is 5.75 Å². The van der Waals surface area contributed by atoms with Crippen LogP contribution in [-0.4, -0.2) is 26.7 Å². The Morgan fingerprint density at radius 3 is 2.83 bits per heavy atom. The van der Waals surface area contributed by atoms with Gasteiger partial charge in [0.2, 0.25) is 0 Å². The van der Waals surface area contributed by atoms with Crippen molar-refractivity contribution in [3.05, 3.63) is 28.8 Å². The smallest absolute Gasteiger partial charge is 0.137 e. The normalized spacial score (nSPS) is 21.6. The molecule has 2 atom stereocenters. The lowest BCUT2D eigenvalue weighted by Crippen LogP contribution is -2.43. The molecule has 0 aliphatic carbocycles. The molecule has 4 heteroatoms. The summed E-state index contributed by atoms with van der Waals surface area (Å²) in [5, 5.41) is 7.64. The van der Waals surface area contributed by atoms with Crippen LogP contribution in [0.25, 0.3) is 0 Å². The number of nitrogens with one attached hydrogen (secondary N) is 2. The fourth-order valence-corrected chi connectivity index (χ4v) is 2.91. The zero-order chi connectivity index (χ0) is 13.0. The van der Waals surface area contributed by atoms with Gasteiger partial charge in [0.05, 0.1) is 12.1 Å². The maximum atomic E-state index is 6.20. The lowest BCUT2D eigenvalue weighted by molar-refractivity contribution is 0.326. The van der Waals surface area contributed by atoms with Crippen molar-refractivity contribution >= 4 is 11.6 Å². The van der Waals surface area contributed by atoms with Gasteiger partial charge in [-0.05, 0) is 44.1 Å².